The molecule has 0 bridgehead atoms. The van der Waals surface area contributed by atoms with Crippen LogP contribution in [-0.2, 0) is 13.1 Å². The van der Waals surface area contributed by atoms with Crippen LogP contribution in [0.3, 0.4) is 0 Å². The Bertz CT molecular complexity index is 903. The van der Waals surface area contributed by atoms with Gasteiger partial charge in [-0.25, -0.2) is 0 Å². The molecule has 2 aromatic carbocycles. The summed E-state index contributed by atoms with van der Waals surface area (Å²) < 4.78 is 0. The Labute approximate surface area is 177 Å². The largest absolute Gasteiger partial charge is 0.336 e. The summed E-state index contributed by atoms with van der Waals surface area (Å²) in [6.07, 6.45) is 2.53. The minimum absolute atomic E-state index is 0.0910. The van der Waals surface area contributed by atoms with Gasteiger partial charge in [0.2, 0.25) is 0 Å². The van der Waals surface area contributed by atoms with Gasteiger partial charge in [0.05, 0.1) is 4.92 Å². The molecule has 0 radical (unpaired) electrons. The number of likely N-dealkylation sites (tertiary alicyclic amines) is 1. The second-order valence-electron chi connectivity index (χ2n) is 8.18. The second kappa shape index (κ2) is 9.36. The van der Waals surface area contributed by atoms with Crippen LogP contribution in [0.5, 0.6) is 0 Å². The van der Waals surface area contributed by atoms with Crippen molar-refractivity contribution < 1.29 is 9.72 Å². The van der Waals surface area contributed by atoms with Crippen molar-refractivity contribution in [1.29, 1.82) is 0 Å². The number of rotatable bonds is 6. The molecule has 7 heteroatoms. The first-order valence-electron chi connectivity index (χ1n) is 10.6. The minimum Gasteiger partial charge on any atom is -0.336 e. The maximum Gasteiger partial charge on any atom is 0.269 e. The number of nitro groups is 1. The topological polar surface area (TPSA) is 69.9 Å². The van der Waals surface area contributed by atoms with E-state index in [0.29, 0.717) is 19.6 Å². The highest BCUT2D eigenvalue weighted by molar-refractivity contribution is 5.94. The first-order chi connectivity index (χ1) is 14.6. The molecule has 4 rings (SSSR count). The average Bonchev–Trinajstić information content (AvgIpc) is 3.27. The highest BCUT2D eigenvalue weighted by Crippen LogP contribution is 2.18. The lowest BCUT2D eigenvalue weighted by atomic mass is 10.1. The molecule has 158 valence electrons. The molecule has 0 N–H and O–H groups in total. The Hall–Kier alpha value is -2.77. The highest BCUT2D eigenvalue weighted by atomic mass is 16.6. The summed E-state index contributed by atoms with van der Waals surface area (Å²) >= 11 is 0. The summed E-state index contributed by atoms with van der Waals surface area (Å²) in [5.74, 6) is 0.0910. The predicted molar refractivity (Wildman–Crippen MR) is 115 cm³/mol. The lowest BCUT2D eigenvalue weighted by Crippen LogP contribution is -2.48. The first kappa shape index (κ1) is 20.5. The van der Waals surface area contributed by atoms with Crippen LogP contribution in [0.4, 0.5) is 5.69 Å². The van der Waals surface area contributed by atoms with Gasteiger partial charge in [0.1, 0.15) is 0 Å². The lowest BCUT2D eigenvalue weighted by molar-refractivity contribution is -0.384. The highest BCUT2D eigenvalue weighted by Gasteiger charge is 2.23. The number of piperazine rings is 1. The fraction of sp³-hybridized carbons (Fsp3) is 0.435. The van der Waals surface area contributed by atoms with Crippen LogP contribution in [0.1, 0.15) is 34.3 Å². The molecular weight excluding hydrogens is 380 g/mol. The molecule has 2 saturated heterocycles. The van der Waals surface area contributed by atoms with E-state index in [2.05, 4.69) is 15.9 Å². The third-order valence-electron chi connectivity index (χ3n) is 5.97. The summed E-state index contributed by atoms with van der Waals surface area (Å²) in [5.41, 5.74) is 3.01. The number of carbonyl (C=O) groups is 1. The second-order valence-corrected chi connectivity index (χ2v) is 8.18. The van der Waals surface area contributed by atoms with Crippen molar-refractivity contribution in [1.82, 2.24) is 14.7 Å². The Morgan fingerprint density at radius 3 is 2.10 bits per heavy atom. The zero-order chi connectivity index (χ0) is 20.9. The van der Waals surface area contributed by atoms with E-state index < -0.39 is 0 Å². The quantitative estimate of drug-likeness (QED) is 0.542. The number of nitrogens with zero attached hydrogens (tertiary/aromatic N) is 4. The van der Waals surface area contributed by atoms with Gasteiger partial charge in [-0.3, -0.25) is 24.7 Å². The fourth-order valence-corrected chi connectivity index (χ4v) is 4.32. The van der Waals surface area contributed by atoms with Crippen molar-refractivity contribution >= 4 is 11.6 Å². The molecular formula is C23H28N4O3. The fourth-order valence-electron chi connectivity index (χ4n) is 4.32. The number of nitro benzene ring substituents is 1. The molecule has 2 aromatic rings. The predicted octanol–water partition coefficient (Wildman–Crippen LogP) is 3.15. The van der Waals surface area contributed by atoms with Crippen molar-refractivity contribution in [2.75, 3.05) is 39.3 Å². The molecule has 1 amide bonds. The van der Waals surface area contributed by atoms with E-state index in [0.717, 1.165) is 43.9 Å². The summed E-state index contributed by atoms with van der Waals surface area (Å²) in [7, 11) is 0. The van der Waals surface area contributed by atoms with Gasteiger partial charge in [-0.2, -0.15) is 0 Å². The molecule has 0 saturated carbocycles. The monoisotopic (exact) mass is 408 g/mol. The standard InChI is InChI=1S/C23H28N4O3/c28-23(21-7-3-5-19(15-21)17-24-9-1-2-10-24)26-13-11-25(12-14-26)18-20-6-4-8-22(16-20)27(29)30/h3-8,15-16H,1-2,9-14,17-18H2. The average molecular weight is 409 g/mol. The molecule has 7 nitrogen and oxygen atoms in total. The molecule has 0 atom stereocenters. The van der Waals surface area contributed by atoms with E-state index in [4.69, 9.17) is 0 Å². The molecule has 2 fully saturated rings. The number of benzene rings is 2. The van der Waals surface area contributed by atoms with Crippen LogP contribution in [-0.4, -0.2) is 64.8 Å². The van der Waals surface area contributed by atoms with Crippen molar-refractivity contribution in [2.45, 2.75) is 25.9 Å². The third kappa shape index (κ3) is 5.04. The van der Waals surface area contributed by atoms with Crippen LogP contribution in [0.15, 0.2) is 48.5 Å². The molecule has 0 aromatic heterocycles. The van der Waals surface area contributed by atoms with Crippen molar-refractivity contribution in [3.63, 3.8) is 0 Å². The molecule has 0 spiro atoms. The summed E-state index contributed by atoms with van der Waals surface area (Å²) in [6, 6.07) is 14.8. The Morgan fingerprint density at radius 2 is 1.43 bits per heavy atom. The van der Waals surface area contributed by atoms with Crippen LogP contribution in [0, 0.1) is 10.1 Å². The van der Waals surface area contributed by atoms with Gasteiger partial charge in [-0.05, 0) is 49.2 Å². The molecule has 0 aliphatic carbocycles. The maximum absolute atomic E-state index is 13.0. The van der Waals surface area contributed by atoms with E-state index in [1.54, 1.807) is 12.1 Å². The van der Waals surface area contributed by atoms with Gasteiger partial charge in [-0.1, -0.05) is 24.3 Å². The number of hydrogen-bond acceptors (Lipinski definition) is 5. The number of hydrogen-bond donors (Lipinski definition) is 0. The molecule has 30 heavy (non-hydrogen) atoms. The van der Waals surface area contributed by atoms with Crippen molar-refractivity contribution in [3.05, 3.63) is 75.3 Å². The number of carbonyl (C=O) groups excluding carboxylic acids is 1. The summed E-state index contributed by atoms with van der Waals surface area (Å²) in [4.78, 5) is 30.2. The Balaban J connectivity index is 1.32. The maximum atomic E-state index is 13.0. The zero-order valence-electron chi connectivity index (χ0n) is 17.2. The van der Waals surface area contributed by atoms with E-state index in [-0.39, 0.29) is 16.5 Å². The molecule has 2 aliphatic rings. The van der Waals surface area contributed by atoms with Gasteiger partial charge >= 0.3 is 0 Å². The minimum atomic E-state index is -0.363. The first-order valence-corrected chi connectivity index (χ1v) is 10.6. The normalized spacial score (nSPS) is 17.9. The van der Waals surface area contributed by atoms with Gasteiger partial charge in [-0.15, -0.1) is 0 Å². The van der Waals surface area contributed by atoms with Crippen LogP contribution in [0.2, 0.25) is 0 Å². The summed E-state index contributed by atoms with van der Waals surface area (Å²) in [5, 5.41) is 11.0. The number of non-ortho nitro benzene ring substituents is 1. The zero-order valence-corrected chi connectivity index (χ0v) is 17.2. The van der Waals surface area contributed by atoms with E-state index in [9.17, 15) is 14.9 Å². The van der Waals surface area contributed by atoms with Crippen molar-refractivity contribution in [3.8, 4) is 0 Å². The molecule has 2 aliphatic heterocycles. The van der Waals surface area contributed by atoms with Gasteiger partial charge in [0, 0.05) is 57.0 Å². The number of amides is 1. The van der Waals surface area contributed by atoms with E-state index >= 15 is 0 Å². The Morgan fingerprint density at radius 1 is 0.833 bits per heavy atom. The van der Waals surface area contributed by atoms with Crippen LogP contribution in [0.25, 0.3) is 0 Å². The van der Waals surface area contributed by atoms with E-state index in [1.165, 1.54) is 24.5 Å². The Kier molecular flexibility index (Phi) is 6.40. The van der Waals surface area contributed by atoms with Crippen LogP contribution >= 0.6 is 0 Å². The van der Waals surface area contributed by atoms with Gasteiger partial charge < -0.3 is 4.90 Å². The summed E-state index contributed by atoms with van der Waals surface area (Å²) in [6.45, 7) is 6.74. The van der Waals surface area contributed by atoms with Crippen LogP contribution < -0.4 is 0 Å². The van der Waals surface area contributed by atoms with Crippen molar-refractivity contribution in [2.24, 2.45) is 0 Å². The lowest BCUT2D eigenvalue weighted by Gasteiger charge is -2.34. The SMILES string of the molecule is O=C(c1cccc(CN2CCCC2)c1)N1CCN(Cc2cccc([N+](=O)[O-])c2)CC1. The van der Waals surface area contributed by atoms with Gasteiger partial charge in [0.15, 0.2) is 0 Å². The third-order valence-corrected chi connectivity index (χ3v) is 5.97. The molecule has 0 unspecified atom stereocenters. The molecule has 2 heterocycles. The van der Waals surface area contributed by atoms with E-state index in [1.807, 2.05) is 29.2 Å². The van der Waals surface area contributed by atoms with Gasteiger partial charge in [0.25, 0.3) is 11.6 Å². The smallest absolute Gasteiger partial charge is 0.269 e.